The third kappa shape index (κ3) is 21.2. The molecule has 0 atom stereocenters. The van der Waals surface area contributed by atoms with Gasteiger partial charge in [0.25, 0.3) is 0 Å². The minimum Gasteiger partial charge on any atom is -0.400 e. The van der Waals surface area contributed by atoms with Crippen molar-refractivity contribution in [2.45, 2.75) is 129 Å². The van der Waals surface area contributed by atoms with Gasteiger partial charge in [0.1, 0.15) is 13.0 Å². The molecule has 1 saturated carbocycles. The zero-order valence-corrected chi connectivity index (χ0v) is 29.4. The molecule has 2 N–H and O–H groups in total. The average Bonchev–Trinajstić information content (AvgIpc) is 3.02. The monoisotopic (exact) mass is 631 g/mol. The van der Waals surface area contributed by atoms with E-state index in [1.165, 1.54) is 43.9 Å². The summed E-state index contributed by atoms with van der Waals surface area (Å²) in [6.45, 7) is 16.8. The number of hydrogen-bond acceptors (Lipinski definition) is 8. The van der Waals surface area contributed by atoms with Crippen LogP contribution in [0, 0.1) is 30.1 Å². The highest BCUT2D eigenvalue weighted by Crippen LogP contribution is 2.37. The fraction of sp³-hybridized carbons (Fsp3) is 0.629. The Balaban J connectivity index is 0. The van der Waals surface area contributed by atoms with Crippen molar-refractivity contribution in [2.75, 3.05) is 13.8 Å². The number of aliphatic hydroxyl groups excluding tert-OH is 2. The summed E-state index contributed by atoms with van der Waals surface area (Å²) < 4.78 is 0. The maximum absolute atomic E-state index is 11.0. The summed E-state index contributed by atoms with van der Waals surface area (Å²) in [6.07, 6.45) is 24.7. The van der Waals surface area contributed by atoms with E-state index in [9.17, 15) is 9.90 Å². The number of carbonyl (C=O) groups excluding carboxylic acids is 1. The molecule has 1 aliphatic rings. The van der Waals surface area contributed by atoms with Crippen molar-refractivity contribution < 1.29 is 15.0 Å². The summed E-state index contributed by atoms with van der Waals surface area (Å²) >= 11 is 3.27. The molecular formula is C35H57N3O3S2. The molecule has 8 heteroatoms. The first kappa shape index (κ1) is 42.9. The van der Waals surface area contributed by atoms with E-state index in [4.69, 9.17) is 5.11 Å². The van der Waals surface area contributed by atoms with E-state index < -0.39 is 0 Å². The molecule has 242 valence electrons. The van der Waals surface area contributed by atoms with Crippen LogP contribution in [0.25, 0.3) is 0 Å². The summed E-state index contributed by atoms with van der Waals surface area (Å²) in [4.78, 5) is 23.6. The highest BCUT2D eigenvalue weighted by molar-refractivity contribution is 8.07. The molecule has 0 bridgehead atoms. The predicted molar refractivity (Wildman–Crippen MR) is 187 cm³/mol. The number of aldehydes is 1. The number of unbranched alkanes of at least 4 members (excludes halogenated alkanes) is 4. The molecule has 0 unspecified atom stereocenters. The van der Waals surface area contributed by atoms with Gasteiger partial charge in [-0.1, -0.05) is 87.9 Å². The number of rotatable bonds is 14. The Morgan fingerprint density at radius 3 is 2.12 bits per heavy atom. The number of nitrogens with zero attached hydrogens (tertiary/aromatic N) is 3. The lowest BCUT2D eigenvalue weighted by atomic mass is 9.93. The van der Waals surface area contributed by atoms with Crippen LogP contribution in [0.1, 0.15) is 112 Å². The van der Waals surface area contributed by atoms with Gasteiger partial charge >= 0.3 is 0 Å². The van der Waals surface area contributed by atoms with Crippen LogP contribution in [0.5, 0.6) is 0 Å². The van der Waals surface area contributed by atoms with Crippen LogP contribution < -0.4 is 0 Å². The Labute approximate surface area is 272 Å². The Morgan fingerprint density at radius 2 is 1.65 bits per heavy atom. The summed E-state index contributed by atoms with van der Waals surface area (Å²) in [7, 11) is 1.00. The second-order valence-corrected chi connectivity index (χ2v) is 13.4. The Morgan fingerprint density at radius 1 is 1.09 bits per heavy atom. The van der Waals surface area contributed by atoms with Gasteiger partial charge in [0.05, 0.1) is 4.91 Å². The van der Waals surface area contributed by atoms with Crippen LogP contribution in [0.3, 0.4) is 0 Å². The largest absolute Gasteiger partial charge is 0.400 e. The van der Waals surface area contributed by atoms with E-state index in [-0.39, 0.29) is 18.2 Å². The third-order valence-corrected chi connectivity index (χ3v) is 8.73. The molecule has 0 aromatic carbocycles. The Kier molecular flexibility index (Phi) is 27.3. The molecule has 1 heterocycles. The predicted octanol–water partition coefficient (Wildman–Crippen LogP) is 8.47. The first-order chi connectivity index (χ1) is 20.6. The summed E-state index contributed by atoms with van der Waals surface area (Å²) in [5.74, 6) is 6.37. The summed E-state index contributed by atoms with van der Waals surface area (Å²) in [5.41, 5.74) is 0.921. The number of hydrogen-bond donors (Lipinski definition) is 2. The molecule has 6 nitrogen and oxygen atoms in total. The summed E-state index contributed by atoms with van der Waals surface area (Å²) in [5, 5.41) is 18.5. The third-order valence-electron chi connectivity index (χ3n) is 6.41. The SMILES string of the molecule is C#C.C=C(C#CC(C)(C)C)S/C(CCC=O)=C(\C)N(CO)C1CCC(Sc2ncccn2)CC1.CCCCCCC.CO. The van der Waals surface area contributed by atoms with E-state index in [1.54, 1.807) is 24.2 Å². The molecule has 0 radical (unpaired) electrons. The van der Waals surface area contributed by atoms with Crippen LogP contribution in [0.4, 0.5) is 0 Å². The van der Waals surface area contributed by atoms with Crippen molar-refractivity contribution in [1.29, 1.82) is 0 Å². The zero-order valence-electron chi connectivity index (χ0n) is 27.8. The molecule has 1 fully saturated rings. The van der Waals surface area contributed by atoms with Crippen LogP contribution >= 0.6 is 23.5 Å². The van der Waals surface area contributed by atoms with Crippen molar-refractivity contribution in [3.05, 3.63) is 40.5 Å². The number of aromatic nitrogens is 2. The normalized spacial score (nSPS) is 16.2. The second-order valence-electron chi connectivity index (χ2n) is 11.0. The molecule has 0 spiro atoms. The first-order valence-electron chi connectivity index (χ1n) is 15.3. The molecule has 1 aliphatic carbocycles. The average molecular weight is 632 g/mol. The molecule has 1 aromatic rings. The van der Waals surface area contributed by atoms with Gasteiger partial charge in [-0.15, -0.1) is 12.8 Å². The minimum absolute atomic E-state index is 0.0403. The van der Waals surface area contributed by atoms with E-state index in [1.807, 2.05) is 13.0 Å². The zero-order chi connectivity index (χ0) is 33.1. The second kappa shape index (κ2) is 27.3. The lowest BCUT2D eigenvalue weighted by Gasteiger charge is -2.38. The summed E-state index contributed by atoms with van der Waals surface area (Å²) in [6, 6.07) is 2.10. The van der Waals surface area contributed by atoms with Crippen LogP contribution in [-0.2, 0) is 4.79 Å². The lowest BCUT2D eigenvalue weighted by molar-refractivity contribution is -0.107. The van der Waals surface area contributed by atoms with Gasteiger partial charge in [0.2, 0.25) is 0 Å². The van der Waals surface area contributed by atoms with Gasteiger partial charge in [-0.25, -0.2) is 9.97 Å². The van der Waals surface area contributed by atoms with Crippen LogP contribution in [-0.4, -0.2) is 56.5 Å². The van der Waals surface area contributed by atoms with Gasteiger partial charge < -0.3 is 19.9 Å². The van der Waals surface area contributed by atoms with Gasteiger partial charge in [-0.2, -0.15) is 0 Å². The molecule has 1 aromatic heterocycles. The number of aliphatic hydroxyl groups is 2. The van der Waals surface area contributed by atoms with E-state index in [2.05, 4.69) is 80.8 Å². The molecular weight excluding hydrogens is 575 g/mol. The van der Waals surface area contributed by atoms with Crippen LogP contribution in [0.2, 0.25) is 0 Å². The number of allylic oxidation sites excluding steroid dienone is 3. The quantitative estimate of drug-likeness (QED) is 0.0695. The van der Waals surface area contributed by atoms with Crippen LogP contribution in [0.15, 0.2) is 45.7 Å². The van der Waals surface area contributed by atoms with Crippen molar-refractivity contribution in [1.82, 2.24) is 14.9 Å². The maximum atomic E-state index is 11.0. The highest BCUT2D eigenvalue weighted by atomic mass is 32.2. The molecule has 2 rings (SSSR count). The topological polar surface area (TPSA) is 86.6 Å². The van der Waals surface area contributed by atoms with Crippen molar-refractivity contribution in [2.24, 2.45) is 5.41 Å². The molecule has 43 heavy (non-hydrogen) atoms. The van der Waals surface area contributed by atoms with Gasteiger partial charge in [-0.05, 0) is 65.9 Å². The van der Waals surface area contributed by atoms with E-state index in [0.29, 0.717) is 18.1 Å². The van der Waals surface area contributed by atoms with Gasteiger partial charge in [0.15, 0.2) is 5.16 Å². The lowest BCUT2D eigenvalue weighted by Crippen LogP contribution is -2.38. The van der Waals surface area contributed by atoms with E-state index >= 15 is 0 Å². The fourth-order valence-corrected chi connectivity index (χ4v) is 6.16. The highest BCUT2D eigenvalue weighted by Gasteiger charge is 2.28. The number of terminal acetylenes is 1. The molecule has 0 saturated heterocycles. The van der Waals surface area contributed by atoms with Crippen molar-refractivity contribution in [3.63, 3.8) is 0 Å². The maximum Gasteiger partial charge on any atom is 0.187 e. The minimum atomic E-state index is -0.0935. The Hall–Kier alpha value is -2.23. The standard InChI is InChI=1S/C25H35N3O2S2.C7H16.C2H2.CH4O/c1-19(13-14-25(3,4)5)31-23(8-6-17-29)20(2)28(18-30)21-9-11-22(12-10-21)32-24-26-15-7-16-27-24;1-3-5-7-6-4-2;2*1-2/h7,15-17,21-22,30H,1,6,8-12,18H2,2-5H3;3-7H2,1-2H3;1-2H;2H,1H3/b23-20+;;;. The first-order valence-corrected chi connectivity index (χ1v) is 17.0. The van der Waals surface area contributed by atoms with Crippen molar-refractivity contribution in [3.8, 4) is 24.7 Å². The number of carbonyl (C=O) groups is 1. The number of thioether (sulfide) groups is 2. The van der Waals surface area contributed by atoms with Crippen molar-refractivity contribution >= 4 is 29.8 Å². The molecule has 0 amide bonds. The molecule has 0 aliphatic heterocycles. The smallest absolute Gasteiger partial charge is 0.187 e. The van der Waals surface area contributed by atoms with Gasteiger partial charge in [0, 0.05) is 53.2 Å². The van der Waals surface area contributed by atoms with Gasteiger partial charge in [-0.3, -0.25) is 0 Å². The fourth-order valence-electron chi connectivity index (χ4n) is 4.23. The Bertz CT molecular complexity index is 967. The van der Waals surface area contributed by atoms with E-state index in [0.717, 1.165) is 59.7 Å².